The molecular weight excluding hydrogens is 354 g/mol. The summed E-state index contributed by atoms with van der Waals surface area (Å²) in [6.07, 6.45) is 0.550. The van der Waals surface area contributed by atoms with E-state index in [1.165, 1.54) is 0 Å². The van der Waals surface area contributed by atoms with Crippen molar-refractivity contribution >= 4 is 23.2 Å². The summed E-state index contributed by atoms with van der Waals surface area (Å²) in [5, 5.41) is 11.2. The minimum Gasteiger partial charge on any atom is -0.484 e. The highest BCUT2D eigenvalue weighted by Gasteiger charge is 2.07. The molecule has 134 valence electrons. The SMILES string of the molecule is Cc1nnc(Cc2ccc(NC(=O)COc3ccc(Cl)c(C)c3)cc2)o1. The maximum atomic E-state index is 12.0. The van der Waals surface area contributed by atoms with E-state index < -0.39 is 0 Å². The number of rotatable bonds is 6. The summed E-state index contributed by atoms with van der Waals surface area (Å²) in [4.78, 5) is 12.0. The van der Waals surface area contributed by atoms with Crippen molar-refractivity contribution in [1.82, 2.24) is 10.2 Å². The molecule has 0 aliphatic carbocycles. The third kappa shape index (κ3) is 4.83. The van der Waals surface area contributed by atoms with Crippen LogP contribution in [0.4, 0.5) is 5.69 Å². The first-order chi connectivity index (χ1) is 12.5. The van der Waals surface area contributed by atoms with Gasteiger partial charge >= 0.3 is 0 Å². The fraction of sp³-hybridized carbons (Fsp3) is 0.211. The van der Waals surface area contributed by atoms with E-state index in [1.54, 1.807) is 25.1 Å². The Hall–Kier alpha value is -2.86. The molecule has 1 aromatic heterocycles. The lowest BCUT2D eigenvalue weighted by atomic mass is 10.1. The normalized spacial score (nSPS) is 10.6. The molecule has 3 rings (SSSR count). The van der Waals surface area contributed by atoms with Gasteiger partial charge in [-0.1, -0.05) is 23.7 Å². The van der Waals surface area contributed by atoms with Crippen molar-refractivity contribution in [3.63, 3.8) is 0 Å². The Balaban J connectivity index is 1.51. The van der Waals surface area contributed by atoms with Gasteiger partial charge in [0.05, 0.1) is 6.42 Å². The van der Waals surface area contributed by atoms with Crippen LogP contribution in [0.2, 0.25) is 5.02 Å². The second-order valence-corrected chi connectivity index (χ2v) is 6.24. The molecule has 0 spiro atoms. The number of amides is 1. The Morgan fingerprint density at radius 1 is 1.15 bits per heavy atom. The van der Waals surface area contributed by atoms with E-state index >= 15 is 0 Å². The van der Waals surface area contributed by atoms with Crippen molar-refractivity contribution in [3.8, 4) is 5.75 Å². The first kappa shape index (κ1) is 17.9. The van der Waals surface area contributed by atoms with E-state index in [0.29, 0.717) is 34.7 Å². The number of aromatic nitrogens is 2. The molecule has 0 saturated carbocycles. The minimum atomic E-state index is -0.238. The second kappa shape index (κ2) is 8.01. The van der Waals surface area contributed by atoms with Gasteiger partial charge < -0.3 is 14.5 Å². The van der Waals surface area contributed by atoms with Crippen LogP contribution in [0.25, 0.3) is 0 Å². The quantitative estimate of drug-likeness (QED) is 0.710. The standard InChI is InChI=1S/C19H18ClN3O3/c1-12-9-16(7-8-17(12)20)25-11-18(24)21-15-5-3-14(4-6-15)10-19-23-22-13(2)26-19/h3-9H,10-11H2,1-2H3,(H,21,24). The van der Waals surface area contributed by atoms with E-state index in [-0.39, 0.29) is 12.5 Å². The van der Waals surface area contributed by atoms with E-state index in [0.717, 1.165) is 11.1 Å². The molecule has 7 heteroatoms. The van der Waals surface area contributed by atoms with Gasteiger partial charge in [0.2, 0.25) is 11.8 Å². The lowest BCUT2D eigenvalue weighted by Gasteiger charge is -2.09. The number of nitrogens with one attached hydrogen (secondary N) is 1. The van der Waals surface area contributed by atoms with Gasteiger partial charge in [-0.2, -0.15) is 0 Å². The molecule has 0 atom stereocenters. The maximum Gasteiger partial charge on any atom is 0.262 e. The molecule has 0 saturated heterocycles. The molecule has 1 amide bonds. The fourth-order valence-corrected chi connectivity index (χ4v) is 2.46. The Bertz CT molecular complexity index is 907. The van der Waals surface area contributed by atoms with Crippen molar-refractivity contribution in [1.29, 1.82) is 0 Å². The summed E-state index contributed by atoms with van der Waals surface area (Å²) in [5.74, 6) is 1.47. The van der Waals surface area contributed by atoms with Crippen LogP contribution in [0.15, 0.2) is 46.9 Å². The highest BCUT2D eigenvalue weighted by atomic mass is 35.5. The lowest BCUT2D eigenvalue weighted by molar-refractivity contribution is -0.118. The molecule has 2 aromatic carbocycles. The average molecular weight is 372 g/mol. The molecule has 1 N–H and O–H groups in total. The Kier molecular flexibility index (Phi) is 5.53. The third-order valence-corrected chi connectivity index (χ3v) is 4.08. The zero-order chi connectivity index (χ0) is 18.5. The molecule has 1 heterocycles. The van der Waals surface area contributed by atoms with E-state index in [4.69, 9.17) is 20.8 Å². The maximum absolute atomic E-state index is 12.0. The number of benzene rings is 2. The third-order valence-electron chi connectivity index (χ3n) is 3.66. The first-order valence-electron chi connectivity index (χ1n) is 8.06. The van der Waals surface area contributed by atoms with Gasteiger partial charge in [0, 0.05) is 17.6 Å². The lowest BCUT2D eigenvalue weighted by Crippen LogP contribution is -2.20. The van der Waals surface area contributed by atoms with Gasteiger partial charge in [-0.15, -0.1) is 10.2 Å². The summed E-state index contributed by atoms with van der Waals surface area (Å²) >= 11 is 5.97. The number of carbonyl (C=O) groups excluding carboxylic acids is 1. The summed E-state index contributed by atoms with van der Waals surface area (Å²) in [7, 11) is 0. The van der Waals surface area contributed by atoms with Crippen LogP contribution >= 0.6 is 11.6 Å². The Labute approximate surface area is 156 Å². The largest absolute Gasteiger partial charge is 0.484 e. The van der Waals surface area contributed by atoms with Gasteiger partial charge in [-0.05, 0) is 48.4 Å². The molecular formula is C19H18ClN3O3. The predicted molar refractivity (Wildman–Crippen MR) is 98.6 cm³/mol. The number of nitrogens with zero attached hydrogens (tertiary/aromatic N) is 2. The molecule has 0 aliphatic rings. The van der Waals surface area contributed by atoms with E-state index in [2.05, 4.69) is 15.5 Å². The van der Waals surface area contributed by atoms with Crippen LogP contribution in [-0.4, -0.2) is 22.7 Å². The fourth-order valence-electron chi connectivity index (χ4n) is 2.34. The van der Waals surface area contributed by atoms with Crippen LogP contribution in [-0.2, 0) is 11.2 Å². The number of ether oxygens (including phenoxy) is 1. The average Bonchev–Trinajstić information content (AvgIpc) is 3.02. The molecule has 0 fully saturated rings. The summed E-state index contributed by atoms with van der Waals surface area (Å²) in [6.45, 7) is 3.55. The summed E-state index contributed by atoms with van der Waals surface area (Å²) < 4.78 is 10.8. The number of anilines is 1. The van der Waals surface area contributed by atoms with Gasteiger partial charge in [-0.25, -0.2) is 0 Å². The van der Waals surface area contributed by atoms with Crippen molar-refractivity contribution in [2.75, 3.05) is 11.9 Å². The van der Waals surface area contributed by atoms with Crippen molar-refractivity contribution in [2.24, 2.45) is 0 Å². The smallest absolute Gasteiger partial charge is 0.262 e. The summed E-state index contributed by atoms with van der Waals surface area (Å²) in [5.41, 5.74) is 2.60. The molecule has 26 heavy (non-hydrogen) atoms. The molecule has 0 radical (unpaired) electrons. The first-order valence-corrected chi connectivity index (χ1v) is 8.44. The molecule has 0 aliphatic heterocycles. The minimum absolute atomic E-state index is 0.0793. The summed E-state index contributed by atoms with van der Waals surface area (Å²) in [6, 6.07) is 12.7. The van der Waals surface area contributed by atoms with E-state index in [9.17, 15) is 4.79 Å². The molecule has 0 bridgehead atoms. The highest BCUT2D eigenvalue weighted by Crippen LogP contribution is 2.21. The van der Waals surface area contributed by atoms with Gasteiger partial charge in [0.25, 0.3) is 5.91 Å². The predicted octanol–water partition coefficient (Wildman–Crippen LogP) is 3.95. The van der Waals surface area contributed by atoms with Crippen LogP contribution in [0, 0.1) is 13.8 Å². The number of hydrogen-bond acceptors (Lipinski definition) is 5. The Morgan fingerprint density at radius 2 is 1.92 bits per heavy atom. The van der Waals surface area contributed by atoms with Crippen LogP contribution < -0.4 is 10.1 Å². The van der Waals surface area contributed by atoms with Crippen molar-refractivity contribution in [2.45, 2.75) is 20.3 Å². The van der Waals surface area contributed by atoms with Crippen molar-refractivity contribution < 1.29 is 13.9 Å². The number of aryl methyl sites for hydroxylation is 2. The number of hydrogen-bond donors (Lipinski definition) is 1. The highest BCUT2D eigenvalue weighted by molar-refractivity contribution is 6.31. The van der Waals surface area contributed by atoms with Crippen LogP contribution in [0.5, 0.6) is 5.75 Å². The van der Waals surface area contributed by atoms with Gasteiger partial charge in [0.1, 0.15) is 5.75 Å². The van der Waals surface area contributed by atoms with Gasteiger partial charge in [-0.3, -0.25) is 4.79 Å². The Morgan fingerprint density at radius 3 is 2.58 bits per heavy atom. The topological polar surface area (TPSA) is 77.2 Å². The van der Waals surface area contributed by atoms with Crippen LogP contribution in [0.3, 0.4) is 0 Å². The zero-order valence-corrected chi connectivity index (χ0v) is 15.2. The monoisotopic (exact) mass is 371 g/mol. The molecule has 6 nitrogen and oxygen atoms in total. The van der Waals surface area contributed by atoms with Gasteiger partial charge in [0.15, 0.2) is 6.61 Å². The van der Waals surface area contributed by atoms with Crippen molar-refractivity contribution in [3.05, 3.63) is 70.4 Å². The zero-order valence-electron chi connectivity index (χ0n) is 14.5. The number of halogens is 1. The van der Waals surface area contributed by atoms with E-state index in [1.807, 2.05) is 31.2 Å². The van der Waals surface area contributed by atoms with Crippen LogP contribution in [0.1, 0.15) is 22.9 Å². The second-order valence-electron chi connectivity index (χ2n) is 5.84. The molecule has 0 unspecified atom stereocenters. The number of carbonyl (C=O) groups is 1. The molecule has 3 aromatic rings.